The third-order valence-electron chi connectivity index (χ3n) is 2.75. The van der Waals surface area contributed by atoms with Crippen LogP contribution in [0.2, 0.25) is 0 Å². The van der Waals surface area contributed by atoms with E-state index in [-0.39, 0.29) is 12.8 Å². The Kier molecular flexibility index (Phi) is 5.85. The van der Waals surface area contributed by atoms with E-state index < -0.39 is 11.9 Å². The molecule has 19 heavy (non-hydrogen) atoms. The van der Waals surface area contributed by atoms with Gasteiger partial charge in [-0.05, 0) is 37.0 Å². The average Bonchev–Trinajstić information content (AvgIpc) is 2.33. The fraction of sp³-hybridized carbons (Fsp3) is 0.429. The van der Waals surface area contributed by atoms with Gasteiger partial charge in [-0.2, -0.15) is 0 Å². The molecule has 0 fully saturated rings. The number of hydrogen-bond donors (Lipinski definition) is 2. The zero-order valence-corrected chi connectivity index (χ0v) is 10.9. The van der Waals surface area contributed by atoms with E-state index in [0.717, 1.165) is 11.1 Å². The van der Waals surface area contributed by atoms with Crippen molar-refractivity contribution in [2.24, 2.45) is 0 Å². The van der Waals surface area contributed by atoms with Crippen molar-refractivity contribution in [1.82, 2.24) is 0 Å². The molecule has 0 radical (unpaired) electrons. The number of aliphatic carboxylic acids is 2. The smallest absolute Gasteiger partial charge is 0.303 e. The first-order valence-corrected chi connectivity index (χ1v) is 6.15. The second-order valence-electron chi connectivity index (χ2n) is 4.29. The number of hydrogen-bond acceptors (Lipinski definition) is 3. The highest BCUT2D eigenvalue weighted by molar-refractivity contribution is 5.67. The SMILES string of the molecule is Cc1cccc(OCCCC(=O)O)c1CCC(=O)O. The minimum absolute atomic E-state index is 0.0519. The maximum absolute atomic E-state index is 10.6. The van der Waals surface area contributed by atoms with Gasteiger partial charge in [-0.3, -0.25) is 9.59 Å². The highest BCUT2D eigenvalue weighted by Gasteiger charge is 2.09. The van der Waals surface area contributed by atoms with Crippen LogP contribution in [0, 0.1) is 6.92 Å². The van der Waals surface area contributed by atoms with Crippen LogP contribution >= 0.6 is 0 Å². The monoisotopic (exact) mass is 266 g/mol. The van der Waals surface area contributed by atoms with Crippen molar-refractivity contribution >= 4 is 11.9 Å². The molecule has 0 heterocycles. The number of carboxylic acid groups (broad SMARTS) is 2. The van der Waals surface area contributed by atoms with Gasteiger partial charge in [-0.25, -0.2) is 0 Å². The van der Waals surface area contributed by atoms with Crippen LogP contribution in [0.25, 0.3) is 0 Å². The highest BCUT2D eigenvalue weighted by Crippen LogP contribution is 2.23. The molecule has 0 aliphatic rings. The molecule has 1 aromatic rings. The van der Waals surface area contributed by atoms with E-state index in [1.807, 2.05) is 19.1 Å². The van der Waals surface area contributed by atoms with Crippen molar-refractivity contribution in [3.63, 3.8) is 0 Å². The van der Waals surface area contributed by atoms with Gasteiger partial charge >= 0.3 is 11.9 Å². The Labute approximate surface area is 111 Å². The normalized spacial score (nSPS) is 10.2. The Morgan fingerprint density at radius 3 is 2.47 bits per heavy atom. The van der Waals surface area contributed by atoms with Crippen molar-refractivity contribution in [1.29, 1.82) is 0 Å². The summed E-state index contributed by atoms with van der Waals surface area (Å²) in [7, 11) is 0. The molecule has 0 atom stereocenters. The summed E-state index contributed by atoms with van der Waals surface area (Å²) >= 11 is 0. The summed E-state index contributed by atoms with van der Waals surface area (Å²) in [6.45, 7) is 2.22. The van der Waals surface area contributed by atoms with Crippen molar-refractivity contribution < 1.29 is 24.5 Å². The molecule has 0 spiro atoms. The molecule has 0 bridgehead atoms. The van der Waals surface area contributed by atoms with Gasteiger partial charge in [0.2, 0.25) is 0 Å². The summed E-state index contributed by atoms with van der Waals surface area (Å²) in [5.41, 5.74) is 1.86. The van der Waals surface area contributed by atoms with Crippen LogP contribution in [0.3, 0.4) is 0 Å². The van der Waals surface area contributed by atoms with Crippen LogP contribution in [0.15, 0.2) is 18.2 Å². The average molecular weight is 266 g/mol. The molecule has 0 saturated carbocycles. The van der Waals surface area contributed by atoms with Crippen molar-refractivity contribution in [3.05, 3.63) is 29.3 Å². The van der Waals surface area contributed by atoms with Crippen LogP contribution in [-0.2, 0) is 16.0 Å². The van der Waals surface area contributed by atoms with E-state index in [0.29, 0.717) is 25.2 Å². The summed E-state index contributed by atoms with van der Waals surface area (Å²) in [6.07, 6.45) is 0.963. The molecular formula is C14H18O5. The molecule has 1 aromatic carbocycles. The van der Waals surface area contributed by atoms with Crippen molar-refractivity contribution in [2.45, 2.75) is 32.6 Å². The Hall–Kier alpha value is -2.04. The minimum Gasteiger partial charge on any atom is -0.493 e. The Balaban J connectivity index is 2.63. The van der Waals surface area contributed by atoms with E-state index in [1.54, 1.807) is 6.07 Å². The summed E-state index contributed by atoms with van der Waals surface area (Å²) in [4.78, 5) is 21.0. The molecular weight excluding hydrogens is 248 g/mol. The zero-order chi connectivity index (χ0) is 14.3. The van der Waals surface area contributed by atoms with Gasteiger partial charge in [-0.15, -0.1) is 0 Å². The highest BCUT2D eigenvalue weighted by atomic mass is 16.5. The fourth-order valence-electron chi connectivity index (χ4n) is 1.77. The zero-order valence-electron chi connectivity index (χ0n) is 10.9. The van der Waals surface area contributed by atoms with Crippen LogP contribution in [0.5, 0.6) is 5.75 Å². The lowest BCUT2D eigenvalue weighted by Crippen LogP contribution is -2.06. The summed E-state index contributed by atoms with van der Waals surface area (Å²) in [6, 6.07) is 5.53. The van der Waals surface area contributed by atoms with Crippen LogP contribution in [0.4, 0.5) is 0 Å². The number of ether oxygens (including phenoxy) is 1. The van der Waals surface area contributed by atoms with Gasteiger partial charge in [-0.1, -0.05) is 12.1 Å². The molecule has 5 nitrogen and oxygen atoms in total. The summed E-state index contributed by atoms with van der Waals surface area (Å²) in [5.74, 6) is -1.05. The lowest BCUT2D eigenvalue weighted by Gasteiger charge is -2.13. The first-order valence-electron chi connectivity index (χ1n) is 6.15. The molecule has 0 saturated heterocycles. The lowest BCUT2D eigenvalue weighted by molar-refractivity contribution is -0.138. The topological polar surface area (TPSA) is 83.8 Å². The standard InChI is InChI=1S/C14H18O5/c1-10-4-2-5-12(11(10)7-8-14(17)18)19-9-3-6-13(15)16/h2,4-5H,3,6-9H2,1H3,(H,15,16)(H,17,18). The fourth-order valence-corrected chi connectivity index (χ4v) is 1.77. The van der Waals surface area contributed by atoms with Crippen molar-refractivity contribution in [2.75, 3.05) is 6.61 Å². The predicted molar refractivity (Wildman–Crippen MR) is 69.5 cm³/mol. The lowest BCUT2D eigenvalue weighted by atomic mass is 10.0. The summed E-state index contributed by atoms with van der Waals surface area (Å²) in [5, 5.41) is 17.3. The molecule has 0 unspecified atom stereocenters. The Bertz CT molecular complexity index is 453. The van der Waals surface area contributed by atoms with Gasteiger partial charge in [0, 0.05) is 12.8 Å². The number of rotatable bonds is 8. The summed E-state index contributed by atoms with van der Waals surface area (Å²) < 4.78 is 5.54. The molecule has 1 rings (SSSR count). The first kappa shape index (κ1) is 15.0. The van der Waals surface area contributed by atoms with E-state index in [9.17, 15) is 9.59 Å². The molecule has 0 amide bonds. The molecule has 0 aliphatic carbocycles. The number of carboxylic acids is 2. The van der Waals surface area contributed by atoms with Crippen LogP contribution in [0.1, 0.15) is 30.4 Å². The van der Waals surface area contributed by atoms with Crippen molar-refractivity contribution in [3.8, 4) is 5.75 Å². The Morgan fingerprint density at radius 2 is 1.84 bits per heavy atom. The van der Waals surface area contributed by atoms with Gasteiger partial charge in [0.1, 0.15) is 5.75 Å². The second kappa shape index (κ2) is 7.41. The van der Waals surface area contributed by atoms with Gasteiger partial charge in [0.15, 0.2) is 0 Å². The predicted octanol–water partition coefficient (Wildman–Crippen LogP) is 2.26. The van der Waals surface area contributed by atoms with Crippen LogP contribution < -0.4 is 4.74 Å². The third kappa shape index (κ3) is 5.42. The first-order chi connectivity index (χ1) is 9.00. The molecule has 5 heteroatoms. The maximum atomic E-state index is 10.6. The van der Waals surface area contributed by atoms with E-state index >= 15 is 0 Å². The van der Waals surface area contributed by atoms with Gasteiger partial charge in [0.05, 0.1) is 6.61 Å². The quantitative estimate of drug-likeness (QED) is 0.705. The maximum Gasteiger partial charge on any atom is 0.303 e. The van der Waals surface area contributed by atoms with E-state index in [4.69, 9.17) is 14.9 Å². The molecule has 104 valence electrons. The third-order valence-corrected chi connectivity index (χ3v) is 2.75. The van der Waals surface area contributed by atoms with Gasteiger partial charge < -0.3 is 14.9 Å². The molecule has 0 aliphatic heterocycles. The molecule has 2 N–H and O–H groups in total. The molecule has 0 aromatic heterocycles. The largest absolute Gasteiger partial charge is 0.493 e. The minimum atomic E-state index is -0.848. The number of benzene rings is 1. The number of aryl methyl sites for hydroxylation is 1. The number of carbonyl (C=O) groups is 2. The Morgan fingerprint density at radius 1 is 1.16 bits per heavy atom. The second-order valence-corrected chi connectivity index (χ2v) is 4.29. The van der Waals surface area contributed by atoms with Gasteiger partial charge in [0.25, 0.3) is 0 Å². The van der Waals surface area contributed by atoms with Crippen LogP contribution in [-0.4, -0.2) is 28.8 Å². The van der Waals surface area contributed by atoms with E-state index in [1.165, 1.54) is 0 Å². The van der Waals surface area contributed by atoms with E-state index in [2.05, 4.69) is 0 Å².